The van der Waals surface area contributed by atoms with Gasteiger partial charge in [0, 0.05) is 12.1 Å². The molecule has 0 saturated heterocycles. The third kappa shape index (κ3) is 4.71. The molecule has 0 radical (unpaired) electrons. The van der Waals surface area contributed by atoms with Crippen molar-refractivity contribution in [3.63, 3.8) is 0 Å². The molecule has 0 spiro atoms. The second kappa shape index (κ2) is 6.89. The molecule has 0 heterocycles. The molecule has 1 aromatic carbocycles. The molecule has 0 saturated carbocycles. The molecule has 5 heteroatoms. The zero-order chi connectivity index (χ0) is 14.4. The van der Waals surface area contributed by atoms with Crippen LogP contribution >= 0.6 is 0 Å². The molecule has 0 aliphatic rings. The Morgan fingerprint density at radius 2 is 1.84 bits per heavy atom. The van der Waals surface area contributed by atoms with E-state index in [0.717, 1.165) is 5.56 Å². The summed E-state index contributed by atoms with van der Waals surface area (Å²) in [6.07, 6.45) is -0.259. The van der Waals surface area contributed by atoms with Crippen LogP contribution < -0.4 is 4.74 Å². The van der Waals surface area contributed by atoms with Gasteiger partial charge >= 0.3 is 5.97 Å². The molecular formula is C14H19NO4. The largest absolute Gasteiger partial charge is 0.497 e. The van der Waals surface area contributed by atoms with E-state index in [0.29, 0.717) is 17.9 Å². The highest BCUT2D eigenvalue weighted by atomic mass is 16.5. The Morgan fingerprint density at radius 3 is 2.37 bits per heavy atom. The molecule has 5 nitrogen and oxygen atoms in total. The molecule has 1 rings (SSSR count). The minimum Gasteiger partial charge on any atom is -0.497 e. The molecule has 0 N–H and O–H groups in total. The van der Waals surface area contributed by atoms with Gasteiger partial charge in [0.05, 0.1) is 14.2 Å². The topological polar surface area (TPSA) is 55.8 Å². The second-order valence-corrected chi connectivity index (χ2v) is 4.48. The van der Waals surface area contributed by atoms with E-state index in [9.17, 15) is 9.59 Å². The highest BCUT2D eigenvalue weighted by molar-refractivity contribution is 6.06. The standard InChI is InChI=1S/C14H19NO4/c1-15(2)9-10-5-11(7-12(6-10)18-3)13(16)8-14(17)19-4/h5-7H,8-9H2,1-4H3. The predicted octanol–water partition coefficient (Wildman–Crippen LogP) is 1.50. The fourth-order valence-corrected chi connectivity index (χ4v) is 1.70. The molecule has 0 fully saturated rings. The van der Waals surface area contributed by atoms with Crippen LogP contribution in [0.2, 0.25) is 0 Å². The molecule has 0 aromatic heterocycles. The number of ketones is 1. The highest BCUT2D eigenvalue weighted by Crippen LogP contribution is 2.19. The molecular weight excluding hydrogens is 246 g/mol. The van der Waals surface area contributed by atoms with Crippen LogP contribution in [0.25, 0.3) is 0 Å². The number of esters is 1. The van der Waals surface area contributed by atoms with Crippen molar-refractivity contribution in [3.05, 3.63) is 29.3 Å². The summed E-state index contributed by atoms with van der Waals surface area (Å²) >= 11 is 0. The Kier molecular flexibility index (Phi) is 5.51. The first-order chi connectivity index (χ1) is 8.96. The van der Waals surface area contributed by atoms with Gasteiger partial charge in [0.1, 0.15) is 12.2 Å². The first-order valence-electron chi connectivity index (χ1n) is 5.89. The summed E-state index contributed by atoms with van der Waals surface area (Å²) in [6.45, 7) is 0.690. The van der Waals surface area contributed by atoms with Crippen LogP contribution in [0.3, 0.4) is 0 Å². The average Bonchev–Trinajstić information content (AvgIpc) is 2.37. The third-order valence-electron chi connectivity index (χ3n) is 2.56. The number of methoxy groups -OCH3 is 2. The molecule has 1 aromatic rings. The van der Waals surface area contributed by atoms with E-state index in [1.165, 1.54) is 7.11 Å². The summed E-state index contributed by atoms with van der Waals surface area (Å²) in [6, 6.07) is 5.27. The van der Waals surface area contributed by atoms with Gasteiger partial charge in [0.15, 0.2) is 5.78 Å². The average molecular weight is 265 g/mol. The van der Waals surface area contributed by atoms with Crippen LogP contribution in [0.5, 0.6) is 5.75 Å². The van der Waals surface area contributed by atoms with E-state index in [2.05, 4.69) is 4.74 Å². The number of Topliss-reactive ketones (excluding diaryl/α,β-unsaturated/α-hetero) is 1. The fraction of sp³-hybridized carbons (Fsp3) is 0.429. The molecule has 0 aliphatic heterocycles. The maximum atomic E-state index is 12.0. The summed E-state index contributed by atoms with van der Waals surface area (Å²) in [4.78, 5) is 25.1. The van der Waals surface area contributed by atoms with Crippen molar-refractivity contribution >= 4 is 11.8 Å². The van der Waals surface area contributed by atoms with Crippen LogP contribution in [-0.2, 0) is 16.1 Å². The van der Waals surface area contributed by atoms with Crippen molar-refractivity contribution in [2.75, 3.05) is 28.3 Å². The van der Waals surface area contributed by atoms with Gasteiger partial charge in [-0.25, -0.2) is 0 Å². The number of hydrogen-bond acceptors (Lipinski definition) is 5. The lowest BCUT2D eigenvalue weighted by molar-refractivity contribution is -0.139. The lowest BCUT2D eigenvalue weighted by Gasteiger charge is -2.12. The van der Waals surface area contributed by atoms with Gasteiger partial charge < -0.3 is 14.4 Å². The summed E-state index contributed by atoms with van der Waals surface area (Å²) in [5, 5.41) is 0. The van der Waals surface area contributed by atoms with Crippen molar-refractivity contribution in [3.8, 4) is 5.75 Å². The maximum Gasteiger partial charge on any atom is 0.313 e. The predicted molar refractivity (Wildman–Crippen MR) is 71.3 cm³/mol. The number of nitrogens with zero attached hydrogens (tertiary/aromatic N) is 1. The number of benzene rings is 1. The lowest BCUT2D eigenvalue weighted by Crippen LogP contribution is -2.13. The minimum atomic E-state index is -0.540. The maximum absolute atomic E-state index is 12.0. The first-order valence-corrected chi connectivity index (χ1v) is 5.89. The second-order valence-electron chi connectivity index (χ2n) is 4.48. The summed E-state index contributed by atoms with van der Waals surface area (Å²) in [7, 11) is 6.69. The summed E-state index contributed by atoms with van der Waals surface area (Å²) in [5.74, 6) is -0.208. The van der Waals surface area contributed by atoms with Crippen LogP contribution in [0.1, 0.15) is 22.3 Å². The van der Waals surface area contributed by atoms with E-state index >= 15 is 0 Å². The zero-order valence-electron chi connectivity index (χ0n) is 11.7. The number of hydrogen-bond donors (Lipinski definition) is 0. The van der Waals surface area contributed by atoms with Crippen molar-refractivity contribution in [2.24, 2.45) is 0 Å². The fourth-order valence-electron chi connectivity index (χ4n) is 1.70. The van der Waals surface area contributed by atoms with Crippen molar-refractivity contribution in [1.29, 1.82) is 0 Å². The van der Waals surface area contributed by atoms with Gasteiger partial charge in [-0.3, -0.25) is 9.59 Å². The number of carbonyl (C=O) groups is 2. The highest BCUT2D eigenvalue weighted by Gasteiger charge is 2.14. The van der Waals surface area contributed by atoms with Crippen LogP contribution in [0.15, 0.2) is 18.2 Å². The number of ether oxygens (including phenoxy) is 2. The number of carbonyl (C=O) groups excluding carboxylic acids is 2. The van der Waals surface area contributed by atoms with Crippen molar-refractivity contribution in [2.45, 2.75) is 13.0 Å². The summed E-state index contributed by atoms with van der Waals surface area (Å²) < 4.78 is 9.67. The van der Waals surface area contributed by atoms with Crippen LogP contribution in [0.4, 0.5) is 0 Å². The smallest absolute Gasteiger partial charge is 0.313 e. The molecule has 0 unspecified atom stereocenters. The van der Waals surface area contributed by atoms with Gasteiger partial charge in [-0.2, -0.15) is 0 Å². The first kappa shape index (κ1) is 15.2. The molecule has 104 valence electrons. The monoisotopic (exact) mass is 265 g/mol. The van der Waals surface area contributed by atoms with Gasteiger partial charge in [0.25, 0.3) is 0 Å². The van der Waals surface area contributed by atoms with Gasteiger partial charge in [-0.15, -0.1) is 0 Å². The third-order valence-corrected chi connectivity index (χ3v) is 2.56. The van der Waals surface area contributed by atoms with E-state index in [1.54, 1.807) is 19.2 Å². The van der Waals surface area contributed by atoms with E-state index in [-0.39, 0.29) is 12.2 Å². The van der Waals surface area contributed by atoms with Crippen LogP contribution in [-0.4, -0.2) is 45.0 Å². The lowest BCUT2D eigenvalue weighted by atomic mass is 10.0. The van der Waals surface area contributed by atoms with Crippen molar-refractivity contribution < 1.29 is 19.1 Å². The van der Waals surface area contributed by atoms with Crippen LogP contribution in [0, 0.1) is 0 Å². The Labute approximate surface area is 113 Å². The van der Waals surface area contributed by atoms with Gasteiger partial charge in [0.2, 0.25) is 0 Å². The van der Waals surface area contributed by atoms with Crippen molar-refractivity contribution in [1.82, 2.24) is 4.90 Å². The Bertz CT molecular complexity index is 469. The SMILES string of the molecule is COC(=O)CC(=O)c1cc(CN(C)C)cc(OC)c1. The molecule has 0 aliphatic carbocycles. The Balaban J connectivity index is 2.99. The zero-order valence-corrected chi connectivity index (χ0v) is 11.7. The van der Waals surface area contributed by atoms with E-state index in [1.807, 2.05) is 25.1 Å². The van der Waals surface area contributed by atoms with E-state index in [4.69, 9.17) is 4.74 Å². The van der Waals surface area contributed by atoms with Gasteiger partial charge in [-0.1, -0.05) is 0 Å². The quantitative estimate of drug-likeness (QED) is 0.443. The molecule has 0 amide bonds. The summed E-state index contributed by atoms with van der Waals surface area (Å²) in [5.41, 5.74) is 1.42. The normalized spacial score (nSPS) is 10.4. The Morgan fingerprint density at radius 1 is 1.16 bits per heavy atom. The number of rotatable bonds is 6. The minimum absolute atomic E-state index is 0.259. The Hall–Kier alpha value is -1.88. The molecule has 0 bridgehead atoms. The molecule has 19 heavy (non-hydrogen) atoms. The van der Waals surface area contributed by atoms with Gasteiger partial charge in [-0.05, 0) is 37.9 Å². The molecule has 0 atom stereocenters. The van der Waals surface area contributed by atoms with E-state index < -0.39 is 5.97 Å².